The summed E-state index contributed by atoms with van der Waals surface area (Å²) in [6.07, 6.45) is 2.67. The molecule has 0 spiro atoms. The van der Waals surface area contributed by atoms with E-state index in [4.69, 9.17) is 0 Å². The summed E-state index contributed by atoms with van der Waals surface area (Å²) in [5.41, 5.74) is 2.21. The molecule has 1 aromatic carbocycles. The van der Waals surface area contributed by atoms with Crippen LogP contribution in [-0.2, 0) is 0 Å². The zero-order valence-electron chi connectivity index (χ0n) is 15.2. The second-order valence-electron chi connectivity index (χ2n) is 6.58. The van der Waals surface area contributed by atoms with Crippen molar-refractivity contribution in [3.63, 3.8) is 0 Å². The molecule has 25 heavy (non-hydrogen) atoms. The lowest BCUT2D eigenvalue weighted by Crippen LogP contribution is -2.44. The summed E-state index contributed by atoms with van der Waals surface area (Å²) in [4.78, 5) is 9.24. The van der Waals surface area contributed by atoms with E-state index >= 15 is 0 Å². The van der Waals surface area contributed by atoms with Crippen LogP contribution in [0.1, 0.15) is 20.3 Å². The summed E-state index contributed by atoms with van der Waals surface area (Å²) in [7, 11) is 2.17. The summed E-state index contributed by atoms with van der Waals surface area (Å²) in [6.45, 7) is 8.60. The summed E-state index contributed by atoms with van der Waals surface area (Å²) in [6, 6.07) is 8.76. The minimum Gasteiger partial charge on any atom is -0.369 e. The van der Waals surface area contributed by atoms with E-state index in [1.165, 1.54) is 5.69 Å². The number of hydrogen-bond donors (Lipinski definition) is 2. The Morgan fingerprint density at radius 1 is 1.12 bits per heavy atom. The van der Waals surface area contributed by atoms with Gasteiger partial charge in [-0.1, -0.05) is 6.92 Å². The largest absolute Gasteiger partial charge is 0.369 e. The van der Waals surface area contributed by atoms with Crippen molar-refractivity contribution in [1.29, 1.82) is 0 Å². The molecule has 0 saturated carbocycles. The van der Waals surface area contributed by atoms with E-state index in [0.717, 1.165) is 44.1 Å². The van der Waals surface area contributed by atoms with Crippen LogP contribution < -0.4 is 15.5 Å². The van der Waals surface area contributed by atoms with Crippen LogP contribution in [0.4, 0.5) is 23.1 Å². The summed E-state index contributed by atoms with van der Waals surface area (Å²) >= 11 is 0. The lowest BCUT2D eigenvalue weighted by Gasteiger charge is -2.34. The van der Waals surface area contributed by atoms with Gasteiger partial charge in [0.15, 0.2) is 5.82 Å². The topological polar surface area (TPSA) is 69.2 Å². The smallest absolute Gasteiger partial charge is 0.249 e. The third kappa shape index (κ3) is 4.79. The quantitative estimate of drug-likeness (QED) is 0.837. The number of nitrogens with one attached hydrogen (secondary N) is 2. The second kappa shape index (κ2) is 8.11. The van der Waals surface area contributed by atoms with Gasteiger partial charge in [-0.25, -0.2) is 0 Å². The van der Waals surface area contributed by atoms with Crippen LogP contribution in [0.5, 0.6) is 0 Å². The first-order valence-electron chi connectivity index (χ1n) is 8.91. The van der Waals surface area contributed by atoms with E-state index in [2.05, 4.69) is 80.8 Å². The van der Waals surface area contributed by atoms with Gasteiger partial charge in [0, 0.05) is 43.6 Å². The van der Waals surface area contributed by atoms with E-state index in [9.17, 15) is 0 Å². The molecule has 0 radical (unpaired) electrons. The van der Waals surface area contributed by atoms with E-state index in [0.29, 0.717) is 12.0 Å². The molecular formula is C18H27N7. The van der Waals surface area contributed by atoms with E-state index in [-0.39, 0.29) is 0 Å². The van der Waals surface area contributed by atoms with Gasteiger partial charge in [-0.05, 0) is 44.7 Å². The van der Waals surface area contributed by atoms with Gasteiger partial charge >= 0.3 is 0 Å². The first-order valence-corrected chi connectivity index (χ1v) is 8.91. The monoisotopic (exact) mass is 341 g/mol. The van der Waals surface area contributed by atoms with Crippen molar-refractivity contribution in [3.05, 3.63) is 30.5 Å². The second-order valence-corrected chi connectivity index (χ2v) is 6.58. The molecule has 1 aliphatic rings. The van der Waals surface area contributed by atoms with E-state index in [1.54, 1.807) is 6.20 Å². The number of likely N-dealkylation sites (N-methyl/N-ethyl adjacent to an activating group) is 1. The standard InChI is InChI=1S/C18H27N7/c1-4-14(2)20-17-13-19-23-18(22-17)21-15-5-7-16(8-6-15)25-11-9-24(3)10-12-25/h5-8,13-14H,4,9-12H2,1-3H3,(H2,20,21,22,23). The SMILES string of the molecule is CCC(C)Nc1cnnc(Nc2ccc(N3CCN(C)CC3)cc2)n1. The first kappa shape index (κ1) is 17.4. The molecule has 7 heteroatoms. The maximum absolute atomic E-state index is 4.46. The molecule has 3 rings (SSSR count). The van der Waals surface area contributed by atoms with Crippen LogP contribution in [0.15, 0.2) is 30.5 Å². The highest BCUT2D eigenvalue weighted by Crippen LogP contribution is 2.21. The Hall–Kier alpha value is -2.41. The minimum atomic E-state index is 0.354. The predicted molar refractivity (Wildman–Crippen MR) is 103 cm³/mol. The van der Waals surface area contributed by atoms with Crippen molar-refractivity contribution in [3.8, 4) is 0 Å². The molecule has 1 fully saturated rings. The number of aromatic nitrogens is 3. The zero-order chi connectivity index (χ0) is 17.6. The minimum absolute atomic E-state index is 0.354. The zero-order valence-corrected chi connectivity index (χ0v) is 15.2. The molecule has 0 amide bonds. The highest BCUT2D eigenvalue weighted by Gasteiger charge is 2.14. The van der Waals surface area contributed by atoms with E-state index in [1.807, 2.05) is 0 Å². The number of rotatable bonds is 6. The van der Waals surface area contributed by atoms with Gasteiger partial charge < -0.3 is 20.4 Å². The van der Waals surface area contributed by atoms with Gasteiger partial charge in [0.25, 0.3) is 0 Å². The molecule has 0 aliphatic carbocycles. The number of hydrogen-bond acceptors (Lipinski definition) is 7. The van der Waals surface area contributed by atoms with Crippen LogP contribution in [0.25, 0.3) is 0 Å². The van der Waals surface area contributed by atoms with Crippen LogP contribution in [0.3, 0.4) is 0 Å². The van der Waals surface area contributed by atoms with Gasteiger partial charge in [0.05, 0.1) is 6.20 Å². The Morgan fingerprint density at radius 2 is 1.84 bits per heavy atom. The molecule has 2 heterocycles. The molecule has 1 atom stereocenters. The van der Waals surface area contributed by atoms with Gasteiger partial charge in [0.1, 0.15) is 0 Å². The Kier molecular flexibility index (Phi) is 5.65. The lowest BCUT2D eigenvalue weighted by atomic mass is 10.2. The summed E-state index contributed by atoms with van der Waals surface area (Å²) < 4.78 is 0. The Morgan fingerprint density at radius 3 is 2.52 bits per heavy atom. The molecule has 1 aliphatic heterocycles. The molecule has 1 saturated heterocycles. The van der Waals surface area contributed by atoms with Crippen LogP contribution >= 0.6 is 0 Å². The maximum atomic E-state index is 4.46. The molecule has 2 aromatic rings. The van der Waals surface area contributed by atoms with Crippen molar-refractivity contribution in [2.24, 2.45) is 0 Å². The van der Waals surface area contributed by atoms with Crippen molar-refractivity contribution in [2.45, 2.75) is 26.3 Å². The van der Waals surface area contributed by atoms with Crippen molar-refractivity contribution >= 4 is 23.1 Å². The predicted octanol–water partition coefficient (Wildman–Crippen LogP) is 2.58. The molecular weight excluding hydrogens is 314 g/mol. The van der Waals surface area contributed by atoms with Gasteiger partial charge in [0.2, 0.25) is 5.95 Å². The third-order valence-electron chi connectivity index (χ3n) is 4.56. The van der Waals surface area contributed by atoms with Crippen molar-refractivity contribution in [2.75, 3.05) is 48.8 Å². The van der Waals surface area contributed by atoms with Crippen LogP contribution in [0, 0.1) is 0 Å². The third-order valence-corrected chi connectivity index (χ3v) is 4.56. The van der Waals surface area contributed by atoms with Crippen LogP contribution in [0.2, 0.25) is 0 Å². The van der Waals surface area contributed by atoms with Crippen molar-refractivity contribution < 1.29 is 0 Å². The average molecular weight is 341 g/mol. The van der Waals surface area contributed by atoms with Gasteiger partial charge in [-0.3, -0.25) is 0 Å². The molecule has 0 bridgehead atoms. The first-order chi connectivity index (χ1) is 12.1. The molecule has 7 nitrogen and oxygen atoms in total. The number of nitrogens with zero attached hydrogens (tertiary/aromatic N) is 5. The maximum Gasteiger partial charge on any atom is 0.249 e. The Labute approximate surface area is 149 Å². The van der Waals surface area contributed by atoms with Crippen LogP contribution in [-0.4, -0.2) is 59.3 Å². The summed E-state index contributed by atoms with van der Waals surface area (Å²) in [5.74, 6) is 1.24. The number of benzene rings is 1. The number of anilines is 4. The highest BCUT2D eigenvalue weighted by molar-refractivity contribution is 5.59. The van der Waals surface area contributed by atoms with Crippen molar-refractivity contribution in [1.82, 2.24) is 20.1 Å². The Bertz CT molecular complexity index is 665. The molecule has 134 valence electrons. The molecule has 1 unspecified atom stereocenters. The molecule has 2 N–H and O–H groups in total. The highest BCUT2D eigenvalue weighted by atomic mass is 15.3. The van der Waals surface area contributed by atoms with Gasteiger partial charge in [-0.2, -0.15) is 10.1 Å². The average Bonchev–Trinajstić information content (AvgIpc) is 2.63. The Balaban J connectivity index is 1.62. The number of piperazine rings is 1. The van der Waals surface area contributed by atoms with E-state index < -0.39 is 0 Å². The fourth-order valence-electron chi connectivity index (χ4n) is 2.73. The summed E-state index contributed by atoms with van der Waals surface area (Å²) in [5, 5.41) is 14.6. The normalized spacial score (nSPS) is 16.5. The molecule has 1 aromatic heterocycles. The fourth-order valence-corrected chi connectivity index (χ4v) is 2.73. The lowest BCUT2D eigenvalue weighted by molar-refractivity contribution is 0.313. The van der Waals surface area contributed by atoms with Gasteiger partial charge in [-0.15, -0.1) is 5.10 Å². The fraction of sp³-hybridized carbons (Fsp3) is 0.500.